The minimum Gasteiger partial charge on any atom is -0.367 e. The summed E-state index contributed by atoms with van der Waals surface area (Å²) in [6.07, 6.45) is 6.51. The van der Waals surface area contributed by atoms with Crippen LogP contribution >= 0.6 is 0 Å². The quantitative estimate of drug-likeness (QED) is 0.476. The molecular formula is C24H25N5O2. The predicted octanol–water partition coefficient (Wildman–Crippen LogP) is 3.45. The molecule has 2 aromatic heterocycles. The minimum absolute atomic E-state index is 0.0883. The summed E-state index contributed by atoms with van der Waals surface area (Å²) in [6, 6.07) is 11.1. The van der Waals surface area contributed by atoms with E-state index in [1.165, 1.54) is 11.1 Å². The van der Waals surface area contributed by atoms with Crippen molar-refractivity contribution in [3.63, 3.8) is 0 Å². The zero-order valence-electron chi connectivity index (χ0n) is 17.7. The highest BCUT2D eigenvalue weighted by Gasteiger charge is 2.25. The average Bonchev–Trinajstić information content (AvgIpc) is 3.37. The molecule has 0 bridgehead atoms. The molecule has 2 amide bonds. The van der Waals surface area contributed by atoms with Gasteiger partial charge in [-0.3, -0.25) is 14.9 Å². The lowest BCUT2D eigenvalue weighted by Crippen LogP contribution is -2.19. The van der Waals surface area contributed by atoms with E-state index < -0.39 is 0 Å². The summed E-state index contributed by atoms with van der Waals surface area (Å²) >= 11 is 0. The minimum atomic E-state index is -0.345. The SMILES string of the molecule is CC(C)c1cccc(Cc2cc(NC3CC3)n3ncc(/C=C4\CC(=O)NC4=O)c3n2)c1. The average molecular weight is 415 g/mol. The van der Waals surface area contributed by atoms with Crippen LogP contribution in [0.2, 0.25) is 0 Å². The Labute approximate surface area is 180 Å². The number of carbonyl (C=O) groups is 2. The van der Waals surface area contributed by atoms with Crippen LogP contribution in [0.25, 0.3) is 11.7 Å². The summed E-state index contributed by atoms with van der Waals surface area (Å²) in [7, 11) is 0. The molecule has 5 rings (SSSR count). The van der Waals surface area contributed by atoms with Gasteiger partial charge in [-0.2, -0.15) is 9.61 Å². The number of nitrogens with zero attached hydrogens (tertiary/aromatic N) is 3. The third-order valence-electron chi connectivity index (χ3n) is 5.71. The predicted molar refractivity (Wildman–Crippen MR) is 119 cm³/mol. The van der Waals surface area contributed by atoms with Crippen molar-refractivity contribution in [1.82, 2.24) is 19.9 Å². The largest absolute Gasteiger partial charge is 0.367 e. The fraction of sp³-hybridized carbons (Fsp3) is 0.333. The molecule has 1 aliphatic heterocycles. The second kappa shape index (κ2) is 7.65. The Bertz CT molecular complexity index is 1220. The Kier molecular flexibility index (Phi) is 4.81. The molecule has 0 atom stereocenters. The van der Waals surface area contributed by atoms with Crippen LogP contribution in [0, 0.1) is 0 Å². The molecule has 0 radical (unpaired) electrons. The van der Waals surface area contributed by atoms with Crippen LogP contribution in [-0.4, -0.2) is 32.5 Å². The molecular weight excluding hydrogens is 390 g/mol. The maximum Gasteiger partial charge on any atom is 0.254 e. The summed E-state index contributed by atoms with van der Waals surface area (Å²) in [5.74, 6) is 0.750. The normalized spacial score (nSPS) is 17.7. The molecule has 7 nitrogen and oxygen atoms in total. The number of amides is 2. The molecule has 3 heterocycles. The van der Waals surface area contributed by atoms with Crippen molar-refractivity contribution in [3.05, 3.63) is 64.5 Å². The van der Waals surface area contributed by atoms with Gasteiger partial charge in [0.15, 0.2) is 5.65 Å². The second-order valence-corrected chi connectivity index (χ2v) is 8.69. The molecule has 1 saturated carbocycles. The number of nitrogens with one attached hydrogen (secondary N) is 2. The number of aromatic nitrogens is 3. The van der Waals surface area contributed by atoms with Gasteiger partial charge in [-0.1, -0.05) is 38.1 Å². The first-order chi connectivity index (χ1) is 15.0. The van der Waals surface area contributed by atoms with Gasteiger partial charge in [0.25, 0.3) is 5.91 Å². The van der Waals surface area contributed by atoms with Crippen LogP contribution in [0.3, 0.4) is 0 Å². The first-order valence-electron chi connectivity index (χ1n) is 10.7. The van der Waals surface area contributed by atoms with Gasteiger partial charge in [0, 0.05) is 29.7 Å². The molecule has 31 heavy (non-hydrogen) atoms. The van der Waals surface area contributed by atoms with Crippen molar-refractivity contribution < 1.29 is 9.59 Å². The smallest absolute Gasteiger partial charge is 0.254 e. The lowest BCUT2D eigenvalue weighted by Gasteiger charge is -2.11. The molecule has 2 aliphatic rings. The Hall–Kier alpha value is -3.48. The van der Waals surface area contributed by atoms with Gasteiger partial charge in [0.05, 0.1) is 18.3 Å². The first kappa shape index (κ1) is 19.5. The lowest BCUT2D eigenvalue weighted by atomic mass is 9.99. The van der Waals surface area contributed by atoms with Crippen LogP contribution in [0.4, 0.5) is 5.82 Å². The molecule has 158 valence electrons. The van der Waals surface area contributed by atoms with Gasteiger partial charge in [-0.15, -0.1) is 0 Å². The number of hydrogen-bond donors (Lipinski definition) is 2. The van der Waals surface area contributed by atoms with Crippen molar-refractivity contribution in [2.24, 2.45) is 0 Å². The molecule has 0 unspecified atom stereocenters. The third kappa shape index (κ3) is 4.08. The highest BCUT2D eigenvalue weighted by atomic mass is 16.2. The van der Waals surface area contributed by atoms with Crippen molar-refractivity contribution in [1.29, 1.82) is 0 Å². The zero-order valence-corrected chi connectivity index (χ0v) is 17.7. The monoisotopic (exact) mass is 415 g/mol. The molecule has 1 aromatic carbocycles. The third-order valence-corrected chi connectivity index (χ3v) is 5.71. The molecule has 2 N–H and O–H groups in total. The van der Waals surface area contributed by atoms with Crippen molar-refractivity contribution in [2.45, 2.75) is 51.5 Å². The van der Waals surface area contributed by atoms with Crippen LogP contribution < -0.4 is 10.6 Å². The fourth-order valence-electron chi connectivity index (χ4n) is 3.84. The lowest BCUT2D eigenvalue weighted by molar-refractivity contribution is -0.124. The van der Waals surface area contributed by atoms with E-state index >= 15 is 0 Å². The van der Waals surface area contributed by atoms with Crippen molar-refractivity contribution in [3.8, 4) is 0 Å². The van der Waals surface area contributed by atoms with E-state index in [2.05, 4.69) is 59.9 Å². The molecule has 3 aromatic rings. The number of benzene rings is 1. The van der Waals surface area contributed by atoms with Crippen LogP contribution in [0.1, 0.15) is 61.4 Å². The van der Waals surface area contributed by atoms with Gasteiger partial charge >= 0.3 is 0 Å². The maximum absolute atomic E-state index is 12.0. The number of imide groups is 1. The molecule has 0 spiro atoms. The standard InChI is InChI=1S/C24H25N5O2/c1-14(2)16-5-3-4-15(8-16)9-20-12-21(26-19-6-7-19)29-23(27-20)18(13-25-29)10-17-11-22(30)28-24(17)31/h3-5,8,10,12-14,19,26H,6-7,9,11H2,1-2H3,(H,28,30,31)/b17-10+. The van der Waals surface area contributed by atoms with Crippen LogP contribution in [0.5, 0.6) is 0 Å². The van der Waals surface area contributed by atoms with E-state index in [1.807, 2.05) is 0 Å². The van der Waals surface area contributed by atoms with E-state index in [4.69, 9.17) is 4.98 Å². The number of rotatable bonds is 6. The van der Waals surface area contributed by atoms with E-state index in [0.29, 0.717) is 29.6 Å². The van der Waals surface area contributed by atoms with Gasteiger partial charge in [-0.25, -0.2) is 4.98 Å². The fourth-order valence-corrected chi connectivity index (χ4v) is 3.84. The van der Waals surface area contributed by atoms with E-state index in [9.17, 15) is 9.59 Å². The number of fused-ring (bicyclic) bond motifs is 1. The molecule has 1 saturated heterocycles. The number of carbonyl (C=O) groups excluding carboxylic acids is 2. The number of hydrogen-bond acceptors (Lipinski definition) is 5. The number of anilines is 1. The summed E-state index contributed by atoms with van der Waals surface area (Å²) in [5, 5.41) is 10.4. The van der Waals surface area contributed by atoms with Crippen LogP contribution in [-0.2, 0) is 16.0 Å². The van der Waals surface area contributed by atoms with Crippen molar-refractivity contribution >= 4 is 29.4 Å². The topological polar surface area (TPSA) is 88.4 Å². The summed E-state index contributed by atoms with van der Waals surface area (Å²) < 4.78 is 1.79. The second-order valence-electron chi connectivity index (χ2n) is 8.69. The van der Waals surface area contributed by atoms with Crippen LogP contribution in [0.15, 0.2) is 42.1 Å². The van der Waals surface area contributed by atoms with Crippen molar-refractivity contribution in [2.75, 3.05) is 5.32 Å². The van der Waals surface area contributed by atoms with Gasteiger partial charge in [-0.05, 0) is 36.0 Å². The molecule has 2 fully saturated rings. The summed E-state index contributed by atoms with van der Waals surface area (Å²) in [6.45, 7) is 4.38. The first-order valence-corrected chi connectivity index (χ1v) is 10.7. The summed E-state index contributed by atoms with van der Waals surface area (Å²) in [5.41, 5.74) is 5.30. The van der Waals surface area contributed by atoms with E-state index in [-0.39, 0.29) is 18.2 Å². The van der Waals surface area contributed by atoms with E-state index in [0.717, 1.165) is 29.9 Å². The Balaban J connectivity index is 1.55. The Morgan fingerprint density at radius 3 is 2.81 bits per heavy atom. The maximum atomic E-state index is 12.0. The summed E-state index contributed by atoms with van der Waals surface area (Å²) in [4.78, 5) is 28.4. The Morgan fingerprint density at radius 1 is 1.26 bits per heavy atom. The highest BCUT2D eigenvalue weighted by molar-refractivity contribution is 6.15. The van der Waals surface area contributed by atoms with Gasteiger partial charge < -0.3 is 5.32 Å². The van der Waals surface area contributed by atoms with Gasteiger partial charge in [0.2, 0.25) is 5.91 Å². The Morgan fingerprint density at radius 2 is 2.10 bits per heavy atom. The van der Waals surface area contributed by atoms with Gasteiger partial charge in [0.1, 0.15) is 5.82 Å². The zero-order chi connectivity index (χ0) is 21.5. The molecule has 7 heteroatoms. The molecule has 1 aliphatic carbocycles. The highest BCUT2D eigenvalue weighted by Crippen LogP contribution is 2.27. The van der Waals surface area contributed by atoms with E-state index in [1.54, 1.807) is 16.8 Å².